The molecule has 2 aromatic heterocycles. The van der Waals surface area contributed by atoms with Gasteiger partial charge in [-0.25, -0.2) is 0 Å². The predicted molar refractivity (Wildman–Crippen MR) is 119 cm³/mol. The Hall–Kier alpha value is -2.86. The van der Waals surface area contributed by atoms with Gasteiger partial charge in [-0.2, -0.15) is 0 Å². The Morgan fingerprint density at radius 3 is 2.69 bits per heavy atom. The maximum absolute atomic E-state index is 5.74. The number of para-hydroxylation sites is 2. The van der Waals surface area contributed by atoms with E-state index in [0.717, 1.165) is 47.3 Å². The van der Waals surface area contributed by atoms with Crippen LogP contribution in [0, 0.1) is 0 Å². The summed E-state index contributed by atoms with van der Waals surface area (Å²) in [5.74, 6) is 0.841. The maximum Gasteiger partial charge on any atom is 0.170 e. The fourth-order valence-electron chi connectivity index (χ4n) is 3.98. The summed E-state index contributed by atoms with van der Waals surface area (Å²) in [5.41, 5.74) is 3.17. The number of hydrogen-bond donors (Lipinski definition) is 1. The third-order valence-corrected chi connectivity index (χ3v) is 5.73. The minimum atomic E-state index is -0.0103. The Balaban J connectivity index is 1.81. The number of nitrogens with one attached hydrogen (secondary N) is 1. The van der Waals surface area contributed by atoms with Crippen molar-refractivity contribution >= 4 is 17.3 Å². The van der Waals surface area contributed by atoms with Crippen LogP contribution in [0.4, 0.5) is 0 Å². The van der Waals surface area contributed by atoms with Gasteiger partial charge in [0, 0.05) is 24.6 Å². The lowest BCUT2D eigenvalue weighted by Crippen LogP contribution is -2.31. The van der Waals surface area contributed by atoms with Crippen LogP contribution < -0.4 is 10.1 Å². The number of pyridine rings is 1. The number of hydrogen-bond acceptors (Lipinski definition) is 3. The molecule has 1 aliphatic heterocycles. The van der Waals surface area contributed by atoms with Gasteiger partial charge in [0.25, 0.3) is 0 Å². The summed E-state index contributed by atoms with van der Waals surface area (Å²) < 4.78 is 7.83. The molecule has 1 saturated heterocycles. The Morgan fingerprint density at radius 1 is 1.10 bits per heavy atom. The first-order valence-corrected chi connectivity index (χ1v) is 10.4. The molecule has 0 spiro atoms. The van der Waals surface area contributed by atoms with E-state index in [-0.39, 0.29) is 12.1 Å². The van der Waals surface area contributed by atoms with Crippen LogP contribution in [0.5, 0.6) is 5.75 Å². The van der Waals surface area contributed by atoms with Gasteiger partial charge in [-0.3, -0.25) is 4.98 Å². The molecule has 1 aromatic carbocycles. The monoisotopic (exact) mass is 406 g/mol. The quantitative estimate of drug-likeness (QED) is 0.579. The second-order valence-corrected chi connectivity index (χ2v) is 7.54. The van der Waals surface area contributed by atoms with Gasteiger partial charge in [0.2, 0.25) is 0 Å². The topological polar surface area (TPSA) is 42.3 Å². The smallest absolute Gasteiger partial charge is 0.170 e. The van der Waals surface area contributed by atoms with Crippen LogP contribution in [0.15, 0.2) is 67.0 Å². The zero-order chi connectivity index (χ0) is 20.2. The van der Waals surface area contributed by atoms with E-state index in [1.165, 1.54) is 0 Å². The molecule has 0 bridgehead atoms. The van der Waals surface area contributed by atoms with Crippen molar-refractivity contribution in [2.75, 3.05) is 13.7 Å². The summed E-state index contributed by atoms with van der Waals surface area (Å²) >= 11 is 5.74. The highest BCUT2D eigenvalue weighted by molar-refractivity contribution is 7.80. The molecule has 1 fully saturated rings. The third kappa shape index (κ3) is 3.72. The van der Waals surface area contributed by atoms with Crippen molar-refractivity contribution in [3.63, 3.8) is 0 Å². The molecule has 29 heavy (non-hydrogen) atoms. The molecule has 150 valence electrons. The molecule has 0 aliphatic carbocycles. The van der Waals surface area contributed by atoms with Crippen LogP contribution in [0.1, 0.15) is 43.2 Å². The van der Waals surface area contributed by atoms with Crippen LogP contribution in [0.25, 0.3) is 5.69 Å². The molecular weight excluding hydrogens is 380 g/mol. The number of benzene rings is 1. The molecular formula is C23H26N4OS. The lowest BCUT2D eigenvalue weighted by atomic mass is 10.0. The fourth-order valence-corrected chi connectivity index (χ4v) is 4.31. The van der Waals surface area contributed by atoms with Gasteiger partial charge in [-0.15, -0.1) is 0 Å². The van der Waals surface area contributed by atoms with Crippen LogP contribution in [0.3, 0.4) is 0 Å². The van der Waals surface area contributed by atoms with E-state index in [1.807, 2.05) is 36.5 Å². The molecule has 6 heteroatoms. The van der Waals surface area contributed by atoms with E-state index in [4.69, 9.17) is 17.0 Å². The number of unbranched alkanes of at least 4 members (excludes halogenated alkanes) is 1. The second kappa shape index (κ2) is 8.66. The van der Waals surface area contributed by atoms with E-state index in [9.17, 15) is 0 Å². The summed E-state index contributed by atoms with van der Waals surface area (Å²) in [6.07, 6.45) is 6.13. The van der Waals surface area contributed by atoms with E-state index in [1.54, 1.807) is 7.11 Å². The summed E-state index contributed by atoms with van der Waals surface area (Å²) in [7, 11) is 1.71. The van der Waals surface area contributed by atoms with E-state index in [2.05, 4.69) is 57.2 Å². The molecule has 4 rings (SSSR count). The number of thiocarbonyl (C=S) groups is 1. The third-order valence-electron chi connectivity index (χ3n) is 5.38. The van der Waals surface area contributed by atoms with Gasteiger partial charge in [0.15, 0.2) is 5.11 Å². The highest BCUT2D eigenvalue weighted by atomic mass is 32.1. The van der Waals surface area contributed by atoms with Gasteiger partial charge in [0.05, 0.1) is 30.6 Å². The average Bonchev–Trinajstić information content (AvgIpc) is 3.37. The summed E-state index contributed by atoms with van der Waals surface area (Å²) in [6, 6.07) is 18.4. The first kappa shape index (κ1) is 19.5. The number of ether oxygens (including phenoxy) is 1. The van der Waals surface area contributed by atoms with E-state index < -0.39 is 0 Å². The zero-order valence-electron chi connectivity index (χ0n) is 16.8. The van der Waals surface area contributed by atoms with Crippen LogP contribution in [-0.4, -0.2) is 33.2 Å². The standard InChI is InChI=1S/C23H26N4OS/c1-3-4-15-27-22(21(25-23(27)29)17-10-7-8-14-24-17)19-12-9-16-26(19)18-11-5-6-13-20(18)28-2/h5-14,16,21-22H,3-4,15H2,1-2H3,(H,25,29). The zero-order valence-corrected chi connectivity index (χ0v) is 17.6. The lowest BCUT2D eigenvalue weighted by molar-refractivity contribution is 0.304. The van der Waals surface area contributed by atoms with Crippen molar-refractivity contribution < 1.29 is 4.74 Å². The maximum atomic E-state index is 5.74. The van der Waals surface area contributed by atoms with Crippen molar-refractivity contribution in [2.45, 2.75) is 31.8 Å². The summed E-state index contributed by atoms with van der Waals surface area (Å²) in [6.45, 7) is 3.11. The molecule has 2 unspecified atom stereocenters. The molecule has 0 saturated carbocycles. The van der Waals surface area contributed by atoms with Gasteiger partial charge < -0.3 is 19.5 Å². The van der Waals surface area contributed by atoms with Crippen LogP contribution in [0.2, 0.25) is 0 Å². The van der Waals surface area contributed by atoms with Crippen LogP contribution >= 0.6 is 12.2 Å². The second-order valence-electron chi connectivity index (χ2n) is 7.15. The Bertz CT molecular complexity index is 972. The highest BCUT2D eigenvalue weighted by Gasteiger charge is 2.41. The predicted octanol–water partition coefficient (Wildman–Crippen LogP) is 4.65. The van der Waals surface area contributed by atoms with Gasteiger partial charge >= 0.3 is 0 Å². The van der Waals surface area contributed by atoms with Crippen molar-refractivity contribution in [1.29, 1.82) is 0 Å². The van der Waals surface area contributed by atoms with E-state index >= 15 is 0 Å². The van der Waals surface area contributed by atoms with Crippen molar-refractivity contribution in [3.05, 3.63) is 78.4 Å². The Morgan fingerprint density at radius 2 is 1.93 bits per heavy atom. The normalized spacial score (nSPS) is 18.7. The van der Waals surface area contributed by atoms with Crippen molar-refractivity contribution in [1.82, 2.24) is 19.8 Å². The fraction of sp³-hybridized carbons (Fsp3) is 0.304. The first-order chi connectivity index (χ1) is 14.2. The molecule has 1 N–H and O–H groups in total. The van der Waals surface area contributed by atoms with E-state index in [0.29, 0.717) is 0 Å². The number of methoxy groups -OCH3 is 1. The molecule has 3 aromatic rings. The van der Waals surface area contributed by atoms with Crippen molar-refractivity contribution in [3.8, 4) is 11.4 Å². The summed E-state index contributed by atoms with van der Waals surface area (Å²) in [5, 5.41) is 4.31. The molecule has 0 amide bonds. The Labute approximate surface area is 177 Å². The van der Waals surface area contributed by atoms with Crippen LogP contribution in [-0.2, 0) is 0 Å². The SMILES string of the molecule is CCCCN1C(=S)NC(c2ccccn2)C1c1cccn1-c1ccccc1OC. The molecule has 1 aliphatic rings. The minimum absolute atomic E-state index is 0.0103. The Kier molecular flexibility index (Phi) is 5.81. The summed E-state index contributed by atoms with van der Waals surface area (Å²) in [4.78, 5) is 6.93. The number of nitrogens with zero attached hydrogens (tertiary/aromatic N) is 3. The molecule has 3 heterocycles. The molecule has 2 atom stereocenters. The van der Waals surface area contributed by atoms with Gasteiger partial charge in [0.1, 0.15) is 5.75 Å². The van der Waals surface area contributed by atoms with Gasteiger partial charge in [-0.05, 0) is 55.0 Å². The van der Waals surface area contributed by atoms with Gasteiger partial charge in [-0.1, -0.05) is 31.5 Å². The molecule has 0 radical (unpaired) electrons. The van der Waals surface area contributed by atoms with Crippen molar-refractivity contribution in [2.24, 2.45) is 0 Å². The minimum Gasteiger partial charge on any atom is -0.495 e. The average molecular weight is 407 g/mol. The number of rotatable bonds is 7. The first-order valence-electron chi connectivity index (χ1n) is 10.0. The lowest BCUT2D eigenvalue weighted by Gasteiger charge is -2.29. The number of aromatic nitrogens is 2. The largest absolute Gasteiger partial charge is 0.495 e. The highest BCUT2D eigenvalue weighted by Crippen LogP contribution is 2.40. The molecule has 5 nitrogen and oxygen atoms in total.